The van der Waals surface area contributed by atoms with Gasteiger partial charge in [0.2, 0.25) is 5.91 Å². The molecule has 7 nitrogen and oxygen atoms in total. The van der Waals surface area contributed by atoms with Crippen molar-refractivity contribution in [2.75, 3.05) is 39.2 Å². The number of amides is 1. The van der Waals surface area contributed by atoms with Crippen molar-refractivity contribution in [1.82, 2.24) is 14.9 Å². The summed E-state index contributed by atoms with van der Waals surface area (Å²) < 4.78 is 10.6. The summed E-state index contributed by atoms with van der Waals surface area (Å²) in [4.78, 5) is 22.9. The number of H-pyrrole nitrogens is 1. The first-order chi connectivity index (χ1) is 14.2. The molecule has 29 heavy (non-hydrogen) atoms. The normalized spacial score (nSPS) is 15.4. The van der Waals surface area contributed by atoms with Crippen molar-refractivity contribution in [2.45, 2.75) is 18.8 Å². The first kappa shape index (κ1) is 19.3. The molecule has 0 saturated carbocycles. The number of carbonyl (C=O) groups is 1. The maximum absolute atomic E-state index is 12.5. The highest BCUT2D eigenvalue weighted by molar-refractivity contribution is 5.94. The number of rotatable bonds is 6. The molecule has 1 amide bonds. The molecule has 2 aromatic carbocycles. The number of ether oxygens (including phenoxy) is 2. The number of fused-ring (bicyclic) bond motifs is 1. The molecule has 1 aromatic heterocycles. The number of hydrogen-bond donors (Lipinski definition) is 2. The first-order valence-corrected chi connectivity index (χ1v) is 9.85. The summed E-state index contributed by atoms with van der Waals surface area (Å²) in [5.74, 6) is 2.69. The van der Waals surface area contributed by atoms with Gasteiger partial charge in [-0.15, -0.1) is 0 Å². The van der Waals surface area contributed by atoms with Crippen LogP contribution in [0.25, 0.3) is 11.0 Å². The summed E-state index contributed by atoms with van der Waals surface area (Å²) in [6.07, 6.45) is 1.96. The van der Waals surface area contributed by atoms with E-state index < -0.39 is 0 Å². The lowest BCUT2D eigenvalue weighted by atomic mass is 9.96. The number of likely N-dealkylation sites (tertiary alicyclic amines) is 1. The van der Waals surface area contributed by atoms with Gasteiger partial charge in [-0.25, -0.2) is 4.98 Å². The maximum atomic E-state index is 12.5. The van der Waals surface area contributed by atoms with Crippen molar-refractivity contribution in [2.24, 2.45) is 0 Å². The molecular formula is C22H26N4O3. The Morgan fingerprint density at radius 3 is 2.69 bits per heavy atom. The molecule has 152 valence electrons. The highest BCUT2D eigenvalue weighted by atomic mass is 16.5. The average molecular weight is 394 g/mol. The van der Waals surface area contributed by atoms with Gasteiger partial charge in [-0.05, 0) is 50.2 Å². The second-order valence-corrected chi connectivity index (χ2v) is 7.30. The molecule has 3 aromatic rings. The Morgan fingerprint density at radius 2 is 1.97 bits per heavy atom. The first-order valence-electron chi connectivity index (χ1n) is 9.85. The van der Waals surface area contributed by atoms with Crippen molar-refractivity contribution in [1.29, 1.82) is 0 Å². The predicted octanol–water partition coefficient (Wildman–Crippen LogP) is 3.40. The zero-order chi connectivity index (χ0) is 20.2. The van der Waals surface area contributed by atoms with E-state index >= 15 is 0 Å². The number of imidazole rings is 1. The van der Waals surface area contributed by atoms with Crippen molar-refractivity contribution in [3.8, 4) is 11.5 Å². The van der Waals surface area contributed by atoms with Crippen LogP contribution < -0.4 is 14.8 Å². The second kappa shape index (κ2) is 8.53. The third-order valence-electron chi connectivity index (χ3n) is 5.43. The molecule has 0 spiro atoms. The van der Waals surface area contributed by atoms with Crippen molar-refractivity contribution >= 4 is 22.6 Å². The van der Waals surface area contributed by atoms with E-state index in [1.54, 1.807) is 32.4 Å². The SMILES string of the molecule is COc1ccc(OC)c(NC(=O)CN2CCC(c3nc4ccccc4[nH]3)CC2)c1. The van der Waals surface area contributed by atoms with Crippen molar-refractivity contribution in [3.63, 3.8) is 0 Å². The summed E-state index contributed by atoms with van der Waals surface area (Å²) in [5.41, 5.74) is 2.71. The molecule has 1 aliphatic rings. The van der Waals surface area contributed by atoms with Crippen LogP contribution in [0.3, 0.4) is 0 Å². The number of nitrogens with zero attached hydrogens (tertiary/aromatic N) is 2. The number of para-hydroxylation sites is 2. The van der Waals surface area contributed by atoms with Crippen LogP contribution in [-0.2, 0) is 4.79 Å². The van der Waals surface area contributed by atoms with E-state index in [1.165, 1.54) is 0 Å². The lowest BCUT2D eigenvalue weighted by Crippen LogP contribution is -2.39. The summed E-state index contributed by atoms with van der Waals surface area (Å²) in [6, 6.07) is 13.5. The quantitative estimate of drug-likeness (QED) is 0.670. The number of anilines is 1. The molecule has 2 heterocycles. The van der Waals surface area contributed by atoms with E-state index in [-0.39, 0.29) is 5.91 Å². The molecule has 1 saturated heterocycles. The molecule has 0 radical (unpaired) electrons. The third-order valence-corrected chi connectivity index (χ3v) is 5.43. The molecule has 0 atom stereocenters. The van der Waals surface area contributed by atoms with Gasteiger partial charge >= 0.3 is 0 Å². The van der Waals surface area contributed by atoms with Gasteiger partial charge in [-0.3, -0.25) is 9.69 Å². The van der Waals surface area contributed by atoms with Gasteiger partial charge in [0.1, 0.15) is 17.3 Å². The van der Waals surface area contributed by atoms with Crippen LogP contribution in [-0.4, -0.2) is 54.6 Å². The van der Waals surface area contributed by atoms with E-state index in [2.05, 4.69) is 21.3 Å². The largest absolute Gasteiger partial charge is 0.497 e. The number of carbonyl (C=O) groups excluding carboxylic acids is 1. The fourth-order valence-corrected chi connectivity index (χ4v) is 3.83. The van der Waals surface area contributed by atoms with E-state index in [4.69, 9.17) is 14.5 Å². The summed E-state index contributed by atoms with van der Waals surface area (Å²) in [6.45, 7) is 2.09. The minimum absolute atomic E-state index is 0.0567. The van der Waals surface area contributed by atoms with E-state index in [1.807, 2.05) is 18.2 Å². The van der Waals surface area contributed by atoms with Crippen LogP contribution in [0.2, 0.25) is 0 Å². The fourth-order valence-electron chi connectivity index (χ4n) is 3.83. The second-order valence-electron chi connectivity index (χ2n) is 7.30. The van der Waals surface area contributed by atoms with Crippen molar-refractivity contribution in [3.05, 3.63) is 48.3 Å². The highest BCUT2D eigenvalue weighted by Crippen LogP contribution is 2.30. The Bertz CT molecular complexity index is 960. The molecule has 7 heteroatoms. The van der Waals surface area contributed by atoms with Gasteiger partial charge in [-0.1, -0.05) is 12.1 Å². The summed E-state index contributed by atoms with van der Waals surface area (Å²) in [7, 11) is 3.18. The van der Waals surface area contributed by atoms with E-state index in [0.717, 1.165) is 42.8 Å². The van der Waals surface area contributed by atoms with Gasteiger partial charge in [0.25, 0.3) is 0 Å². The Hall–Kier alpha value is -3.06. The molecule has 1 fully saturated rings. The Balaban J connectivity index is 1.33. The number of hydrogen-bond acceptors (Lipinski definition) is 5. The number of aromatic amines is 1. The monoisotopic (exact) mass is 394 g/mol. The zero-order valence-corrected chi connectivity index (χ0v) is 16.8. The Labute approximate surface area is 170 Å². The summed E-state index contributed by atoms with van der Waals surface area (Å²) >= 11 is 0. The van der Waals surface area contributed by atoms with Gasteiger partial charge in [0, 0.05) is 12.0 Å². The van der Waals surface area contributed by atoms with Crippen LogP contribution >= 0.6 is 0 Å². The highest BCUT2D eigenvalue weighted by Gasteiger charge is 2.24. The molecular weight excluding hydrogens is 368 g/mol. The Kier molecular flexibility index (Phi) is 5.67. The topological polar surface area (TPSA) is 79.5 Å². The lowest BCUT2D eigenvalue weighted by Gasteiger charge is -2.30. The van der Waals surface area contributed by atoms with Gasteiger partial charge in [-0.2, -0.15) is 0 Å². The van der Waals surface area contributed by atoms with Crippen LogP contribution in [0.1, 0.15) is 24.6 Å². The molecule has 0 bridgehead atoms. The molecule has 4 rings (SSSR count). The minimum Gasteiger partial charge on any atom is -0.497 e. The van der Waals surface area contributed by atoms with Crippen LogP contribution in [0.15, 0.2) is 42.5 Å². The number of methoxy groups -OCH3 is 2. The number of aromatic nitrogens is 2. The van der Waals surface area contributed by atoms with Gasteiger partial charge in [0.15, 0.2) is 0 Å². The standard InChI is InChI=1S/C22H26N4O3/c1-28-16-7-8-20(29-2)19(13-16)23-21(27)14-26-11-9-15(10-12-26)22-24-17-5-3-4-6-18(17)25-22/h3-8,13,15H,9-12,14H2,1-2H3,(H,23,27)(H,24,25). The van der Waals surface area contributed by atoms with Gasteiger partial charge in [0.05, 0.1) is 37.5 Å². The number of piperidine rings is 1. The number of benzene rings is 2. The van der Waals surface area contributed by atoms with Crippen LogP contribution in [0, 0.1) is 0 Å². The Morgan fingerprint density at radius 1 is 1.17 bits per heavy atom. The molecule has 0 aliphatic carbocycles. The third kappa shape index (κ3) is 4.35. The summed E-state index contributed by atoms with van der Waals surface area (Å²) in [5, 5.41) is 2.94. The fraction of sp³-hybridized carbons (Fsp3) is 0.364. The number of nitrogens with one attached hydrogen (secondary N) is 2. The van der Waals surface area contributed by atoms with Gasteiger partial charge < -0.3 is 19.8 Å². The maximum Gasteiger partial charge on any atom is 0.238 e. The minimum atomic E-state index is -0.0567. The van der Waals surface area contributed by atoms with Crippen LogP contribution in [0.5, 0.6) is 11.5 Å². The average Bonchev–Trinajstić information content (AvgIpc) is 3.18. The van der Waals surface area contributed by atoms with E-state index in [0.29, 0.717) is 29.6 Å². The predicted molar refractivity (Wildman–Crippen MR) is 113 cm³/mol. The molecule has 2 N–H and O–H groups in total. The smallest absolute Gasteiger partial charge is 0.238 e. The molecule has 0 unspecified atom stereocenters. The molecule has 1 aliphatic heterocycles. The van der Waals surface area contributed by atoms with E-state index in [9.17, 15) is 4.79 Å². The van der Waals surface area contributed by atoms with Crippen LogP contribution in [0.4, 0.5) is 5.69 Å². The van der Waals surface area contributed by atoms with Crippen molar-refractivity contribution < 1.29 is 14.3 Å². The lowest BCUT2D eigenvalue weighted by molar-refractivity contribution is -0.117. The zero-order valence-electron chi connectivity index (χ0n) is 16.8.